The van der Waals surface area contributed by atoms with Gasteiger partial charge in [0.05, 0.1) is 11.1 Å². The van der Waals surface area contributed by atoms with E-state index in [4.69, 9.17) is 0 Å². The minimum Gasteiger partial charge on any atom is -0.256 e. The van der Waals surface area contributed by atoms with Crippen LogP contribution < -0.4 is 0 Å². The van der Waals surface area contributed by atoms with E-state index in [1.165, 1.54) is 12.3 Å². The van der Waals surface area contributed by atoms with Gasteiger partial charge in [-0.05, 0) is 23.6 Å². The van der Waals surface area contributed by atoms with Gasteiger partial charge in [0.25, 0.3) is 0 Å². The molecule has 4 heteroatoms. The van der Waals surface area contributed by atoms with Crippen LogP contribution in [0, 0.1) is 0 Å². The summed E-state index contributed by atoms with van der Waals surface area (Å²) in [5, 5.41) is 2.15. The lowest BCUT2D eigenvalue weighted by atomic mass is 10.0. The number of halogens is 3. The zero-order valence-electron chi connectivity index (χ0n) is 9.20. The molecule has 0 fully saturated rings. The van der Waals surface area contributed by atoms with Crippen molar-refractivity contribution in [2.45, 2.75) is 6.18 Å². The Kier molecular flexibility index (Phi) is 2.26. The molecule has 0 radical (unpaired) electrons. The third-order valence-corrected chi connectivity index (χ3v) is 2.92. The van der Waals surface area contributed by atoms with Crippen LogP contribution in [0.1, 0.15) is 5.56 Å². The zero-order valence-corrected chi connectivity index (χ0v) is 9.20. The lowest BCUT2D eigenvalue weighted by Gasteiger charge is -2.08. The highest BCUT2D eigenvalue weighted by atomic mass is 19.4. The maximum Gasteiger partial charge on any atom is 0.416 e. The average Bonchev–Trinajstić information content (AvgIpc) is 2.37. The molecule has 3 rings (SSSR count). The Balaban J connectivity index is 2.35. The van der Waals surface area contributed by atoms with Crippen molar-refractivity contribution in [1.29, 1.82) is 0 Å². The number of para-hydroxylation sites is 1. The van der Waals surface area contributed by atoms with E-state index in [0.717, 1.165) is 28.4 Å². The molecular weight excluding hydrogens is 239 g/mol. The first-order valence-electron chi connectivity index (χ1n) is 5.40. The fourth-order valence-corrected chi connectivity index (χ4v) is 2.04. The molecule has 0 bridgehead atoms. The van der Waals surface area contributed by atoms with Crippen LogP contribution in [0.25, 0.3) is 21.7 Å². The fraction of sp³-hybridized carbons (Fsp3) is 0.0714. The van der Waals surface area contributed by atoms with Crippen molar-refractivity contribution in [3.05, 3.63) is 54.2 Å². The monoisotopic (exact) mass is 247 g/mol. The van der Waals surface area contributed by atoms with Crippen LogP contribution in [0.2, 0.25) is 0 Å². The molecule has 0 spiro atoms. The topological polar surface area (TPSA) is 12.9 Å². The highest BCUT2D eigenvalue weighted by molar-refractivity contribution is 6.05. The van der Waals surface area contributed by atoms with Crippen molar-refractivity contribution in [2.24, 2.45) is 0 Å². The normalized spacial score (nSPS) is 12.2. The maximum atomic E-state index is 12.6. The van der Waals surface area contributed by atoms with Crippen LogP contribution in [0.4, 0.5) is 13.2 Å². The molecule has 0 aliphatic heterocycles. The van der Waals surface area contributed by atoms with E-state index >= 15 is 0 Å². The van der Waals surface area contributed by atoms with Gasteiger partial charge in [0, 0.05) is 17.0 Å². The van der Waals surface area contributed by atoms with Gasteiger partial charge in [-0.3, -0.25) is 4.98 Å². The molecule has 0 atom stereocenters. The first kappa shape index (κ1) is 11.0. The summed E-state index contributed by atoms with van der Waals surface area (Å²) in [5.41, 5.74) is 0.136. The van der Waals surface area contributed by atoms with Crippen molar-refractivity contribution in [3.8, 4) is 0 Å². The second-order valence-corrected chi connectivity index (χ2v) is 4.08. The summed E-state index contributed by atoms with van der Waals surface area (Å²) in [6, 6.07) is 11.1. The lowest BCUT2D eigenvalue weighted by molar-refractivity contribution is -0.137. The Labute approximate surface area is 101 Å². The second kappa shape index (κ2) is 3.70. The van der Waals surface area contributed by atoms with Gasteiger partial charge in [0.2, 0.25) is 0 Å². The summed E-state index contributed by atoms with van der Waals surface area (Å²) in [6.07, 6.45) is -2.84. The lowest BCUT2D eigenvalue weighted by Crippen LogP contribution is -2.04. The van der Waals surface area contributed by atoms with Crippen molar-refractivity contribution in [1.82, 2.24) is 4.98 Å². The van der Waals surface area contributed by atoms with Crippen LogP contribution in [-0.4, -0.2) is 4.98 Å². The van der Waals surface area contributed by atoms with Gasteiger partial charge in [-0.2, -0.15) is 13.2 Å². The number of nitrogens with zero attached hydrogens (tertiary/aromatic N) is 1. The molecule has 0 amide bonds. The first-order valence-corrected chi connectivity index (χ1v) is 5.40. The van der Waals surface area contributed by atoms with Crippen molar-refractivity contribution in [2.75, 3.05) is 0 Å². The Morgan fingerprint density at radius 3 is 2.44 bits per heavy atom. The van der Waals surface area contributed by atoms with E-state index in [0.29, 0.717) is 5.39 Å². The van der Waals surface area contributed by atoms with Gasteiger partial charge < -0.3 is 0 Å². The van der Waals surface area contributed by atoms with Gasteiger partial charge >= 0.3 is 6.18 Å². The number of hydrogen-bond donors (Lipinski definition) is 0. The van der Waals surface area contributed by atoms with Gasteiger partial charge in [-0.25, -0.2) is 0 Å². The Morgan fingerprint density at radius 2 is 1.67 bits per heavy atom. The Morgan fingerprint density at radius 1 is 0.889 bits per heavy atom. The highest BCUT2D eigenvalue weighted by Crippen LogP contribution is 2.32. The summed E-state index contributed by atoms with van der Waals surface area (Å²) in [5.74, 6) is 0. The zero-order chi connectivity index (χ0) is 12.8. The van der Waals surface area contributed by atoms with Crippen molar-refractivity contribution in [3.63, 3.8) is 0 Å². The number of pyridine rings is 1. The Hall–Kier alpha value is -2.10. The molecule has 90 valence electrons. The second-order valence-electron chi connectivity index (χ2n) is 4.08. The minimum absolute atomic E-state index is 0.503. The molecule has 1 aromatic heterocycles. The van der Waals surface area contributed by atoms with Crippen molar-refractivity contribution >= 4 is 21.7 Å². The van der Waals surface area contributed by atoms with Crippen LogP contribution in [0.5, 0.6) is 0 Å². The number of hydrogen-bond acceptors (Lipinski definition) is 1. The van der Waals surface area contributed by atoms with E-state index < -0.39 is 11.7 Å². The quantitative estimate of drug-likeness (QED) is 0.536. The van der Waals surface area contributed by atoms with Crippen LogP contribution in [-0.2, 0) is 6.18 Å². The average molecular weight is 247 g/mol. The summed E-state index contributed by atoms with van der Waals surface area (Å²) in [6.45, 7) is 0. The van der Waals surface area contributed by atoms with E-state index in [1.807, 2.05) is 24.3 Å². The minimum atomic E-state index is -4.32. The largest absolute Gasteiger partial charge is 0.416 e. The standard InChI is InChI=1S/C14H8F3N/c15-14(16,17)10-5-6-11-9(7-10)8-18-13-4-2-1-3-12(11)13/h1-8H. The molecule has 3 aromatic rings. The predicted octanol–water partition coefficient (Wildman–Crippen LogP) is 4.41. The van der Waals surface area contributed by atoms with Gasteiger partial charge in [-0.1, -0.05) is 24.3 Å². The summed E-state index contributed by atoms with van der Waals surface area (Å²) in [7, 11) is 0. The summed E-state index contributed by atoms with van der Waals surface area (Å²) < 4.78 is 37.8. The molecule has 2 aromatic carbocycles. The van der Waals surface area contributed by atoms with Gasteiger partial charge in [0.1, 0.15) is 0 Å². The van der Waals surface area contributed by atoms with Crippen LogP contribution in [0.3, 0.4) is 0 Å². The molecule has 1 nitrogen and oxygen atoms in total. The number of rotatable bonds is 0. The predicted molar refractivity (Wildman–Crippen MR) is 64.3 cm³/mol. The summed E-state index contributed by atoms with van der Waals surface area (Å²) in [4.78, 5) is 4.17. The van der Waals surface area contributed by atoms with Gasteiger partial charge in [0.15, 0.2) is 0 Å². The van der Waals surface area contributed by atoms with Gasteiger partial charge in [-0.15, -0.1) is 0 Å². The van der Waals surface area contributed by atoms with Crippen LogP contribution >= 0.6 is 0 Å². The van der Waals surface area contributed by atoms with E-state index in [-0.39, 0.29) is 0 Å². The molecule has 0 aliphatic carbocycles. The number of aromatic nitrogens is 1. The molecule has 0 saturated heterocycles. The summed E-state index contributed by atoms with van der Waals surface area (Å²) >= 11 is 0. The van der Waals surface area contributed by atoms with E-state index in [1.54, 1.807) is 0 Å². The van der Waals surface area contributed by atoms with Crippen molar-refractivity contribution < 1.29 is 13.2 Å². The molecule has 1 heterocycles. The number of alkyl halides is 3. The Bertz CT molecular complexity index is 732. The maximum absolute atomic E-state index is 12.6. The van der Waals surface area contributed by atoms with Crippen LogP contribution in [0.15, 0.2) is 48.7 Å². The first-order chi connectivity index (χ1) is 8.55. The van der Waals surface area contributed by atoms with E-state index in [9.17, 15) is 13.2 Å². The third-order valence-electron chi connectivity index (χ3n) is 2.92. The fourth-order valence-electron chi connectivity index (χ4n) is 2.04. The highest BCUT2D eigenvalue weighted by Gasteiger charge is 2.30. The smallest absolute Gasteiger partial charge is 0.256 e. The SMILES string of the molecule is FC(F)(F)c1ccc2c(cnc3ccccc32)c1. The number of benzene rings is 2. The van der Waals surface area contributed by atoms with E-state index in [2.05, 4.69) is 4.98 Å². The molecule has 18 heavy (non-hydrogen) atoms. The number of fused-ring (bicyclic) bond motifs is 3. The molecule has 0 unspecified atom stereocenters. The molecular formula is C14H8F3N. The molecule has 0 saturated carbocycles. The third kappa shape index (κ3) is 1.70. The molecule has 0 aliphatic rings. The molecule has 0 N–H and O–H groups in total.